The molecule has 1 aromatic rings. The number of Topliss-reactive ketones (excluding diaryl/α,β-unsaturated/α-hetero) is 1. The third-order valence-corrected chi connectivity index (χ3v) is 10.3. The summed E-state index contributed by atoms with van der Waals surface area (Å²) in [5.74, 6) is 5.19. The topological polar surface area (TPSA) is 52.6 Å². The monoisotopic (exact) mass is 496 g/mol. The fourth-order valence-electron chi connectivity index (χ4n) is 8.35. The van der Waals surface area contributed by atoms with Crippen LogP contribution in [0.3, 0.4) is 0 Å². The molecule has 0 N–H and O–H groups in total. The molecule has 0 bridgehead atoms. The number of hydrogen-bond donors (Lipinski definition) is 0. The second kappa shape index (κ2) is 12.2. The van der Waals surface area contributed by atoms with Crippen molar-refractivity contribution < 1.29 is 19.1 Å². The fraction of sp³-hybridized carbons (Fsp3) is 0.750. The lowest BCUT2D eigenvalue weighted by Gasteiger charge is -2.49. The van der Waals surface area contributed by atoms with Gasteiger partial charge in [0.25, 0.3) is 0 Å². The average Bonchev–Trinajstić information content (AvgIpc) is 2.88. The Morgan fingerprint density at radius 3 is 1.92 bits per heavy atom. The lowest BCUT2D eigenvalue weighted by molar-refractivity contribution is -0.156. The van der Waals surface area contributed by atoms with E-state index in [0.29, 0.717) is 36.1 Å². The Morgan fingerprint density at radius 2 is 1.36 bits per heavy atom. The molecule has 36 heavy (non-hydrogen) atoms. The minimum absolute atomic E-state index is 0.0701. The molecular formula is C32H48O4. The van der Waals surface area contributed by atoms with Gasteiger partial charge in [-0.05, 0) is 105 Å². The van der Waals surface area contributed by atoms with Crippen LogP contribution in [0.25, 0.3) is 0 Å². The normalized spacial score (nSPS) is 39.4. The molecule has 10 unspecified atom stereocenters. The van der Waals surface area contributed by atoms with Gasteiger partial charge in [0.15, 0.2) is 0 Å². The van der Waals surface area contributed by atoms with Crippen molar-refractivity contribution in [3.8, 4) is 0 Å². The minimum atomic E-state index is -0.156. The van der Waals surface area contributed by atoms with Gasteiger partial charge in [-0.15, -0.1) is 0 Å². The second-order valence-corrected chi connectivity index (χ2v) is 12.6. The highest BCUT2D eigenvalue weighted by Gasteiger charge is 2.45. The molecule has 0 aliphatic heterocycles. The van der Waals surface area contributed by atoms with E-state index in [0.717, 1.165) is 49.0 Å². The quantitative estimate of drug-likeness (QED) is 0.378. The Balaban J connectivity index is 1.38. The number of carbonyl (C=O) groups excluding carboxylic acids is 2. The summed E-state index contributed by atoms with van der Waals surface area (Å²) in [5.41, 5.74) is 1.15. The van der Waals surface area contributed by atoms with E-state index < -0.39 is 0 Å². The van der Waals surface area contributed by atoms with Gasteiger partial charge in [-0.25, -0.2) is 0 Å². The van der Waals surface area contributed by atoms with Gasteiger partial charge in [0.05, 0.1) is 25.7 Å². The third kappa shape index (κ3) is 6.23. The minimum Gasteiger partial charge on any atom is -0.469 e. The van der Waals surface area contributed by atoms with E-state index in [1.807, 2.05) is 18.2 Å². The van der Waals surface area contributed by atoms with Crippen molar-refractivity contribution in [3.63, 3.8) is 0 Å². The van der Waals surface area contributed by atoms with Crippen LogP contribution in [0.15, 0.2) is 30.3 Å². The molecule has 0 radical (unpaired) electrons. The highest BCUT2D eigenvalue weighted by atomic mass is 16.5. The Morgan fingerprint density at radius 1 is 0.778 bits per heavy atom. The molecule has 4 rings (SSSR count). The lowest BCUT2D eigenvalue weighted by atomic mass is 9.57. The number of benzene rings is 1. The maximum atomic E-state index is 12.6. The number of rotatable bonds is 7. The average molecular weight is 497 g/mol. The van der Waals surface area contributed by atoms with Crippen molar-refractivity contribution in [3.05, 3.63) is 35.9 Å². The molecule has 3 saturated carbocycles. The zero-order valence-corrected chi connectivity index (χ0v) is 23.2. The van der Waals surface area contributed by atoms with Crippen LogP contribution in [-0.2, 0) is 25.7 Å². The number of hydrogen-bond acceptors (Lipinski definition) is 4. The van der Waals surface area contributed by atoms with Gasteiger partial charge in [0, 0.05) is 5.92 Å². The van der Waals surface area contributed by atoms with E-state index in [-0.39, 0.29) is 23.9 Å². The van der Waals surface area contributed by atoms with Crippen molar-refractivity contribution in [1.29, 1.82) is 0 Å². The first-order valence-corrected chi connectivity index (χ1v) is 14.5. The highest BCUT2D eigenvalue weighted by molar-refractivity contribution is 5.78. The molecule has 0 aromatic heterocycles. The predicted molar refractivity (Wildman–Crippen MR) is 143 cm³/mol. The predicted octanol–water partition coefficient (Wildman–Crippen LogP) is 7.10. The lowest BCUT2D eigenvalue weighted by Crippen LogP contribution is -2.43. The number of carbonyl (C=O) groups is 2. The summed E-state index contributed by atoms with van der Waals surface area (Å²) in [6.45, 7) is 9.58. The van der Waals surface area contributed by atoms with E-state index in [9.17, 15) is 9.59 Å². The molecule has 10 atom stereocenters. The van der Waals surface area contributed by atoms with Crippen molar-refractivity contribution in [2.24, 2.45) is 53.3 Å². The van der Waals surface area contributed by atoms with Crippen LogP contribution < -0.4 is 0 Å². The molecule has 3 aliphatic rings. The Kier molecular flexibility index (Phi) is 9.30. The summed E-state index contributed by atoms with van der Waals surface area (Å²) in [6, 6.07) is 10.3. The first-order valence-electron chi connectivity index (χ1n) is 14.5. The van der Waals surface area contributed by atoms with Crippen LogP contribution >= 0.6 is 0 Å². The highest BCUT2D eigenvalue weighted by Crippen LogP contribution is 2.51. The molecule has 0 saturated heterocycles. The standard InChI is InChI=1S/C32H48O4/c1-20-15-25(11-13-27(20)23(4)33)29-16-22(3)30(17-21(29)2)26-12-14-28(32(34)35-5)31(18-26)36-19-24-9-7-6-8-10-24/h6-10,20-22,25-31H,11-19H2,1-5H3. The van der Waals surface area contributed by atoms with Crippen molar-refractivity contribution >= 4 is 11.8 Å². The molecule has 4 nitrogen and oxygen atoms in total. The van der Waals surface area contributed by atoms with Crippen LogP contribution in [0, 0.1) is 53.3 Å². The van der Waals surface area contributed by atoms with Gasteiger partial charge in [-0.1, -0.05) is 51.1 Å². The molecule has 200 valence electrons. The zero-order chi connectivity index (χ0) is 25.8. The van der Waals surface area contributed by atoms with E-state index >= 15 is 0 Å². The van der Waals surface area contributed by atoms with Crippen LogP contribution in [0.4, 0.5) is 0 Å². The van der Waals surface area contributed by atoms with Gasteiger partial charge in [-0.3, -0.25) is 9.59 Å². The fourth-order valence-corrected chi connectivity index (χ4v) is 8.35. The van der Waals surface area contributed by atoms with E-state index in [4.69, 9.17) is 9.47 Å². The summed E-state index contributed by atoms with van der Waals surface area (Å²) < 4.78 is 11.6. The largest absolute Gasteiger partial charge is 0.469 e. The van der Waals surface area contributed by atoms with E-state index in [1.54, 1.807) is 6.92 Å². The first-order chi connectivity index (χ1) is 17.3. The van der Waals surface area contributed by atoms with E-state index in [2.05, 4.69) is 32.9 Å². The first kappa shape index (κ1) is 27.4. The van der Waals surface area contributed by atoms with Gasteiger partial charge < -0.3 is 9.47 Å². The summed E-state index contributed by atoms with van der Waals surface area (Å²) in [6.07, 6.45) is 8.96. The Bertz CT molecular complexity index is 866. The summed E-state index contributed by atoms with van der Waals surface area (Å²) in [7, 11) is 1.50. The number of ketones is 1. The molecule has 3 fully saturated rings. The Labute approximate surface area is 218 Å². The van der Waals surface area contributed by atoms with Gasteiger partial charge in [-0.2, -0.15) is 0 Å². The van der Waals surface area contributed by atoms with Crippen LogP contribution in [0.2, 0.25) is 0 Å². The summed E-state index contributed by atoms with van der Waals surface area (Å²) >= 11 is 0. The second-order valence-electron chi connectivity index (χ2n) is 12.6. The van der Waals surface area contributed by atoms with E-state index in [1.165, 1.54) is 32.8 Å². The molecule has 0 heterocycles. The molecular weight excluding hydrogens is 448 g/mol. The number of esters is 1. The molecule has 0 amide bonds. The van der Waals surface area contributed by atoms with Crippen molar-refractivity contribution in [2.45, 2.75) is 91.8 Å². The van der Waals surface area contributed by atoms with Gasteiger partial charge in [0.1, 0.15) is 5.78 Å². The molecule has 3 aliphatic carbocycles. The summed E-state index contributed by atoms with van der Waals surface area (Å²) in [5, 5.41) is 0. The smallest absolute Gasteiger partial charge is 0.311 e. The van der Waals surface area contributed by atoms with Crippen molar-refractivity contribution in [2.75, 3.05) is 7.11 Å². The number of ether oxygens (including phenoxy) is 2. The maximum Gasteiger partial charge on any atom is 0.311 e. The van der Waals surface area contributed by atoms with Crippen LogP contribution in [0.5, 0.6) is 0 Å². The summed E-state index contributed by atoms with van der Waals surface area (Å²) in [4.78, 5) is 24.6. The van der Waals surface area contributed by atoms with Gasteiger partial charge >= 0.3 is 5.97 Å². The number of methoxy groups -OCH3 is 1. The third-order valence-electron chi connectivity index (χ3n) is 10.3. The van der Waals surface area contributed by atoms with Crippen molar-refractivity contribution in [1.82, 2.24) is 0 Å². The maximum absolute atomic E-state index is 12.6. The molecule has 4 heteroatoms. The Hall–Kier alpha value is -1.68. The van der Waals surface area contributed by atoms with Crippen LogP contribution in [0.1, 0.15) is 84.6 Å². The molecule has 1 aromatic carbocycles. The van der Waals surface area contributed by atoms with Gasteiger partial charge in [0.2, 0.25) is 0 Å². The SMILES string of the molecule is COC(=O)C1CCC(C2CC(C)C(C3CCC(C(C)=O)C(C)C3)CC2C)CC1OCc1ccccc1. The van der Waals surface area contributed by atoms with Crippen LogP contribution in [-0.4, -0.2) is 25.0 Å². The molecule has 0 spiro atoms. The zero-order valence-electron chi connectivity index (χ0n) is 23.2.